The SMILES string of the molecule is COCCCN(C)C(=O)c1ccc(-n2nc(C)c(Br)c2C)cc1. The Morgan fingerprint density at radius 2 is 1.96 bits per heavy atom. The first-order valence-electron chi connectivity index (χ1n) is 7.52. The zero-order valence-corrected chi connectivity index (χ0v) is 15.6. The summed E-state index contributed by atoms with van der Waals surface area (Å²) in [6.45, 7) is 5.30. The van der Waals surface area contributed by atoms with Gasteiger partial charge in [-0.15, -0.1) is 0 Å². The molecule has 6 heteroatoms. The van der Waals surface area contributed by atoms with E-state index in [1.807, 2.05) is 49.8 Å². The van der Waals surface area contributed by atoms with Gasteiger partial charge in [-0.05, 0) is 60.5 Å². The average molecular weight is 380 g/mol. The van der Waals surface area contributed by atoms with Crippen LogP contribution in [0.1, 0.15) is 28.2 Å². The lowest BCUT2D eigenvalue weighted by molar-refractivity contribution is 0.0779. The van der Waals surface area contributed by atoms with Gasteiger partial charge < -0.3 is 9.64 Å². The summed E-state index contributed by atoms with van der Waals surface area (Å²) in [6.07, 6.45) is 0.830. The lowest BCUT2D eigenvalue weighted by Crippen LogP contribution is -2.28. The molecule has 0 unspecified atom stereocenters. The monoisotopic (exact) mass is 379 g/mol. The number of methoxy groups -OCH3 is 1. The van der Waals surface area contributed by atoms with Crippen molar-refractivity contribution in [3.8, 4) is 5.69 Å². The zero-order chi connectivity index (χ0) is 17.0. The van der Waals surface area contributed by atoms with Gasteiger partial charge in [0.05, 0.1) is 21.5 Å². The van der Waals surface area contributed by atoms with Crippen molar-refractivity contribution in [2.24, 2.45) is 0 Å². The number of amides is 1. The highest BCUT2D eigenvalue weighted by molar-refractivity contribution is 9.10. The van der Waals surface area contributed by atoms with Gasteiger partial charge >= 0.3 is 0 Å². The standard InChI is InChI=1S/C17H22BrN3O2/c1-12-16(18)13(2)21(19-12)15-8-6-14(7-9-15)17(22)20(3)10-5-11-23-4/h6-9H,5,10-11H2,1-4H3. The maximum absolute atomic E-state index is 12.4. The van der Waals surface area contributed by atoms with Gasteiger partial charge in [-0.25, -0.2) is 4.68 Å². The summed E-state index contributed by atoms with van der Waals surface area (Å²) < 4.78 is 7.89. The minimum absolute atomic E-state index is 0.0159. The molecule has 0 N–H and O–H groups in total. The molecular formula is C17H22BrN3O2. The lowest BCUT2D eigenvalue weighted by atomic mass is 10.2. The molecule has 23 heavy (non-hydrogen) atoms. The molecule has 0 bridgehead atoms. The summed E-state index contributed by atoms with van der Waals surface area (Å²) in [7, 11) is 3.47. The fraction of sp³-hybridized carbons (Fsp3) is 0.412. The Balaban J connectivity index is 2.12. The third-order valence-corrected chi connectivity index (χ3v) is 4.90. The third-order valence-electron chi connectivity index (χ3n) is 3.75. The quantitative estimate of drug-likeness (QED) is 0.722. The highest BCUT2D eigenvalue weighted by atomic mass is 79.9. The first kappa shape index (κ1) is 17.7. The van der Waals surface area contributed by atoms with E-state index in [0.717, 1.165) is 28.0 Å². The number of hydrogen-bond acceptors (Lipinski definition) is 3. The first-order chi connectivity index (χ1) is 11.0. The Kier molecular flexibility index (Phi) is 5.96. The molecule has 0 spiro atoms. The summed E-state index contributed by atoms with van der Waals surface area (Å²) in [4.78, 5) is 14.1. The van der Waals surface area contributed by atoms with E-state index in [0.29, 0.717) is 18.7 Å². The fourth-order valence-electron chi connectivity index (χ4n) is 2.39. The van der Waals surface area contributed by atoms with Gasteiger partial charge in [0, 0.05) is 32.9 Å². The van der Waals surface area contributed by atoms with Crippen LogP contribution >= 0.6 is 15.9 Å². The van der Waals surface area contributed by atoms with Gasteiger partial charge in [0.1, 0.15) is 0 Å². The Morgan fingerprint density at radius 3 is 2.48 bits per heavy atom. The van der Waals surface area contributed by atoms with E-state index in [2.05, 4.69) is 21.0 Å². The predicted molar refractivity (Wildman–Crippen MR) is 94.2 cm³/mol. The fourth-order valence-corrected chi connectivity index (χ4v) is 2.64. The molecule has 0 aliphatic carbocycles. The van der Waals surface area contributed by atoms with E-state index < -0.39 is 0 Å². The van der Waals surface area contributed by atoms with Gasteiger partial charge in [0.15, 0.2) is 0 Å². The number of nitrogens with zero attached hydrogens (tertiary/aromatic N) is 3. The Morgan fingerprint density at radius 1 is 1.30 bits per heavy atom. The molecule has 0 saturated carbocycles. The van der Waals surface area contributed by atoms with Crippen molar-refractivity contribution in [1.29, 1.82) is 0 Å². The van der Waals surface area contributed by atoms with Gasteiger partial charge in [-0.3, -0.25) is 4.79 Å². The number of aryl methyl sites for hydroxylation is 1. The van der Waals surface area contributed by atoms with E-state index >= 15 is 0 Å². The van der Waals surface area contributed by atoms with Crippen LogP contribution in [0, 0.1) is 13.8 Å². The van der Waals surface area contributed by atoms with Crippen LogP contribution in [0.2, 0.25) is 0 Å². The molecule has 5 nitrogen and oxygen atoms in total. The van der Waals surface area contributed by atoms with Gasteiger partial charge in [-0.2, -0.15) is 5.10 Å². The number of carbonyl (C=O) groups is 1. The van der Waals surface area contributed by atoms with Crippen LogP contribution in [0.15, 0.2) is 28.7 Å². The number of rotatable bonds is 6. The molecule has 0 fully saturated rings. The minimum atomic E-state index is 0.0159. The van der Waals surface area contributed by atoms with Crippen molar-refractivity contribution in [2.75, 3.05) is 27.3 Å². The van der Waals surface area contributed by atoms with E-state index in [-0.39, 0.29) is 5.91 Å². The second-order valence-electron chi connectivity index (χ2n) is 5.52. The number of hydrogen-bond donors (Lipinski definition) is 0. The molecule has 1 amide bonds. The summed E-state index contributed by atoms with van der Waals surface area (Å²) >= 11 is 3.53. The lowest BCUT2D eigenvalue weighted by Gasteiger charge is -2.17. The van der Waals surface area contributed by atoms with Crippen LogP contribution in [0.25, 0.3) is 5.69 Å². The normalized spacial score (nSPS) is 10.8. The van der Waals surface area contributed by atoms with Crippen LogP contribution in [-0.4, -0.2) is 47.9 Å². The second-order valence-corrected chi connectivity index (χ2v) is 6.31. The molecule has 1 aromatic carbocycles. The highest BCUT2D eigenvalue weighted by Crippen LogP contribution is 2.23. The number of carbonyl (C=O) groups excluding carboxylic acids is 1. The molecule has 1 aromatic heterocycles. The summed E-state index contributed by atoms with van der Waals surface area (Å²) in [5.41, 5.74) is 3.60. The van der Waals surface area contributed by atoms with Crippen molar-refractivity contribution in [3.05, 3.63) is 45.7 Å². The van der Waals surface area contributed by atoms with E-state index in [4.69, 9.17) is 4.74 Å². The molecule has 0 aliphatic rings. The van der Waals surface area contributed by atoms with Gasteiger partial charge in [0.25, 0.3) is 5.91 Å². The van der Waals surface area contributed by atoms with E-state index in [1.54, 1.807) is 12.0 Å². The summed E-state index contributed by atoms with van der Waals surface area (Å²) in [6, 6.07) is 7.52. The first-order valence-corrected chi connectivity index (χ1v) is 8.31. The highest BCUT2D eigenvalue weighted by Gasteiger charge is 2.13. The van der Waals surface area contributed by atoms with E-state index in [1.165, 1.54) is 0 Å². The number of aromatic nitrogens is 2. The minimum Gasteiger partial charge on any atom is -0.385 e. The topological polar surface area (TPSA) is 47.4 Å². The van der Waals surface area contributed by atoms with Crippen LogP contribution in [-0.2, 0) is 4.74 Å². The van der Waals surface area contributed by atoms with Crippen molar-refractivity contribution in [2.45, 2.75) is 20.3 Å². The van der Waals surface area contributed by atoms with Crippen LogP contribution in [0.5, 0.6) is 0 Å². The molecule has 0 saturated heterocycles. The number of benzene rings is 1. The van der Waals surface area contributed by atoms with Crippen molar-refractivity contribution in [3.63, 3.8) is 0 Å². The van der Waals surface area contributed by atoms with Crippen LogP contribution in [0.3, 0.4) is 0 Å². The smallest absolute Gasteiger partial charge is 0.253 e. The van der Waals surface area contributed by atoms with Crippen molar-refractivity contribution >= 4 is 21.8 Å². The average Bonchev–Trinajstić information content (AvgIpc) is 2.82. The zero-order valence-electron chi connectivity index (χ0n) is 14.0. The van der Waals surface area contributed by atoms with Crippen LogP contribution in [0.4, 0.5) is 0 Å². The van der Waals surface area contributed by atoms with Crippen molar-refractivity contribution < 1.29 is 9.53 Å². The largest absolute Gasteiger partial charge is 0.385 e. The second kappa shape index (κ2) is 7.75. The van der Waals surface area contributed by atoms with Crippen LogP contribution < -0.4 is 0 Å². The summed E-state index contributed by atoms with van der Waals surface area (Å²) in [5, 5.41) is 4.50. The maximum atomic E-state index is 12.4. The molecule has 0 radical (unpaired) electrons. The third kappa shape index (κ3) is 4.00. The molecule has 2 aromatic rings. The Hall–Kier alpha value is -1.66. The van der Waals surface area contributed by atoms with Crippen molar-refractivity contribution in [1.82, 2.24) is 14.7 Å². The van der Waals surface area contributed by atoms with Gasteiger partial charge in [0.2, 0.25) is 0 Å². The Bertz CT molecular complexity index is 680. The molecule has 124 valence electrons. The maximum Gasteiger partial charge on any atom is 0.253 e. The molecule has 0 atom stereocenters. The molecule has 1 heterocycles. The molecular weight excluding hydrogens is 358 g/mol. The molecule has 2 rings (SSSR count). The molecule has 0 aliphatic heterocycles. The number of ether oxygens (including phenoxy) is 1. The predicted octanol–water partition coefficient (Wildman–Crippen LogP) is 3.36. The Labute approximate surface area is 145 Å². The van der Waals surface area contributed by atoms with E-state index in [9.17, 15) is 4.79 Å². The number of halogens is 1. The summed E-state index contributed by atoms with van der Waals surface area (Å²) in [5.74, 6) is 0.0159. The van der Waals surface area contributed by atoms with Gasteiger partial charge in [-0.1, -0.05) is 0 Å².